The maximum absolute atomic E-state index is 12.4. The van der Waals surface area contributed by atoms with E-state index in [-0.39, 0.29) is 30.6 Å². The summed E-state index contributed by atoms with van der Waals surface area (Å²) < 4.78 is 10.4. The number of carbonyl (C=O) groups excluding carboxylic acids is 3. The molecule has 2 heterocycles. The molecule has 1 N–H and O–H groups in total. The molecule has 0 aromatic heterocycles. The van der Waals surface area contributed by atoms with Gasteiger partial charge in [-0.1, -0.05) is 18.2 Å². The third-order valence-electron chi connectivity index (χ3n) is 4.37. The topological polar surface area (TPSA) is 84.9 Å². The summed E-state index contributed by atoms with van der Waals surface area (Å²) in [7, 11) is 0. The Hall–Kier alpha value is -3.35. The molecule has 0 fully saturated rings. The Morgan fingerprint density at radius 2 is 2.04 bits per heavy atom. The maximum atomic E-state index is 12.4. The molecule has 0 bridgehead atoms. The van der Waals surface area contributed by atoms with Gasteiger partial charge in [-0.15, -0.1) is 0 Å². The third-order valence-corrected chi connectivity index (χ3v) is 4.37. The van der Waals surface area contributed by atoms with Crippen molar-refractivity contribution in [3.63, 3.8) is 0 Å². The fourth-order valence-corrected chi connectivity index (χ4v) is 3.09. The number of anilines is 2. The minimum Gasteiger partial charge on any atom is -0.482 e. The van der Waals surface area contributed by atoms with Gasteiger partial charge in [0.15, 0.2) is 13.2 Å². The van der Waals surface area contributed by atoms with Crippen molar-refractivity contribution < 1.29 is 23.9 Å². The van der Waals surface area contributed by atoms with Crippen molar-refractivity contribution in [3.8, 4) is 5.75 Å². The minimum atomic E-state index is -0.617. The van der Waals surface area contributed by atoms with Crippen LogP contribution >= 0.6 is 0 Å². The Kier molecular flexibility index (Phi) is 4.04. The predicted molar refractivity (Wildman–Crippen MR) is 93.3 cm³/mol. The molecule has 0 saturated carbocycles. The van der Waals surface area contributed by atoms with Crippen molar-refractivity contribution in [2.24, 2.45) is 0 Å². The first kappa shape index (κ1) is 16.1. The zero-order chi connectivity index (χ0) is 18.1. The zero-order valence-electron chi connectivity index (χ0n) is 13.9. The fourth-order valence-electron chi connectivity index (χ4n) is 3.09. The second-order valence-corrected chi connectivity index (χ2v) is 6.05. The molecule has 4 rings (SSSR count). The van der Waals surface area contributed by atoms with Crippen molar-refractivity contribution in [2.75, 3.05) is 30.0 Å². The highest BCUT2D eigenvalue weighted by atomic mass is 16.5. The molecular formula is C19H16N2O5. The molecule has 0 atom stereocenters. The van der Waals surface area contributed by atoms with E-state index in [1.54, 1.807) is 11.0 Å². The van der Waals surface area contributed by atoms with Gasteiger partial charge in [0, 0.05) is 12.2 Å². The number of para-hydroxylation sites is 1. The van der Waals surface area contributed by atoms with E-state index in [4.69, 9.17) is 9.47 Å². The van der Waals surface area contributed by atoms with E-state index < -0.39 is 5.97 Å². The number of fused-ring (bicyclic) bond motifs is 2. The van der Waals surface area contributed by atoms with Gasteiger partial charge >= 0.3 is 5.97 Å². The van der Waals surface area contributed by atoms with Crippen molar-refractivity contribution in [2.45, 2.75) is 6.42 Å². The lowest BCUT2D eigenvalue weighted by molar-refractivity contribution is -0.121. The first-order valence-electron chi connectivity index (χ1n) is 8.24. The quantitative estimate of drug-likeness (QED) is 0.851. The molecule has 2 aliphatic heterocycles. The monoisotopic (exact) mass is 352 g/mol. The van der Waals surface area contributed by atoms with E-state index in [2.05, 4.69) is 5.32 Å². The standard InChI is InChI=1S/C19H16N2O5/c22-17-10-25-16-9-13(5-6-14(16)20-17)19(24)26-11-18(23)21-8-7-12-3-1-2-4-15(12)21/h1-6,9H,7-8,10-11H2,(H,20,22). The van der Waals surface area contributed by atoms with E-state index in [0.29, 0.717) is 18.0 Å². The van der Waals surface area contributed by atoms with Crippen LogP contribution in [-0.4, -0.2) is 37.5 Å². The Balaban J connectivity index is 1.40. The lowest BCUT2D eigenvalue weighted by atomic mass is 10.1. The van der Waals surface area contributed by atoms with Crippen LogP contribution in [-0.2, 0) is 20.7 Å². The van der Waals surface area contributed by atoms with Gasteiger partial charge in [-0.3, -0.25) is 9.59 Å². The molecule has 132 valence electrons. The fraction of sp³-hybridized carbons (Fsp3) is 0.211. The predicted octanol–water partition coefficient (Wildman–Crippen LogP) is 1.76. The number of amides is 2. The summed E-state index contributed by atoms with van der Waals surface area (Å²) in [6.07, 6.45) is 0.795. The molecule has 2 aliphatic rings. The summed E-state index contributed by atoms with van der Waals surface area (Å²) in [6, 6.07) is 12.3. The average molecular weight is 352 g/mol. The van der Waals surface area contributed by atoms with Crippen LogP contribution in [0.2, 0.25) is 0 Å². The van der Waals surface area contributed by atoms with Crippen LogP contribution in [0.4, 0.5) is 11.4 Å². The number of hydrogen-bond donors (Lipinski definition) is 1. The van der Waals surface area contributed by atoms with Crippen LogP contribution in [0.5, 0.6) is 5.75 Å². The Morgan fingerprint density at radius 1 is 1.19 bits per heavy atom. The molecule has 2 aromatic carbocycles. The summed E-state index contributed by atoms with van der Waals surface area (Å²) in [5.41, 5.74) is 2.74. The summed E-state index contributed by atoms with van der Waals surface area (Å²) >= 11 is 0. The van der Waals surface area contributed by atoms with Gasteiger partial charge in [0.1, 0.15) is 5.75 Å². The summed E-state index contributed by atoms with van der Waals surface area (Å²) in [5, 5.41) is 2.65. The number of benzene rings is 2. The number of hydrogen-bond acceptors (Lipinski definition) is 5. The smallest absolute Gasteiger partial charge is 0.338 e. The molecule has 2 aromatic rings. The number of esters is 1. The van der Waals surface area contributed by atoms with E-state index >= 15 is 0 Å². The number of nitrogens with zero attached hydrogens (tertiary/aromatic N) is 1. The maximum Gasteiger partial charge on any atom is 0.338 e. The Morgan fingerprint density at radius 3 is 2.92 bits per heavy atom. The van der Waals surface area contributed by atoms with Gasteiger partial charge < -0.3 is 19.7 Å². The van der Waals surface area contributed by atoms with Crippen molar-refractivity contribution in [1.82, 2.24) is 0 Å². The molecule has 7 heteroatoms. The van der Waals surface area contributed by atoms with E-state index in [1.165, 1.54) is 12.1 Å². The van der Waals surface area contributed by atoms with Crippen LogP contribution in [0.1, 0.15) is 15.9 Å². The minimum absolute atomic E-state index is 0.0989. The van der Waals surface area contributed by atoms with Crippen molar-refractivity contribution >= 4 is 29.2 Å². The van der Waals surface area contributed by atoms with E-state index in [1.807, 2.05) is 24.3 Å². The van der Waals surface area contributed by atoms with Gasteiger partial charge in [0.05, 0.1) is 11.3 Å². The third kappa shape index (κ3) is 2.99. The van der Waals surface area contributed by atoms with Gasteiger partial charge in [0.2, 0.25) is 0 Å². The van der Waals surface area contributed by atoms with Gasteiger partial charge in [0.25, 0.3) is 11.8 Å². The SMILES string of the molecule is O=C1COc2cc(C(=O)OCC(=O)N3CCc4ccccc43)ccc2N1. The highest BCUT2D eigenvalue weighted by Crippen LogP contribution is 2.29. The normalized spacial score (nSPS) is 14.8. The zero-order valence-corrected chi connectivity index (χ0v) is 13.9. The summed E-state index contributed by atoms with van der Waals surface area (Å²) in [5.74, 6) is -0.720. The molecule has 0 saturated heterocycles. The Labute approximate surface area is 149 Å². The van der Waals surface area contributed by atoms with Gasteiger partial charge in [-0.05, 0) is 36.2 Å². The lowest BCUT2D eigenvalue weighted by Crippen LogP contribution is -2.33. The number of carbonyl (C=O) groups is 3. The number of ether oxygens (including phenoxy) is 2. The average Bonchev–Trinajstić information content (AvgIpc) is 3.09. The number of nitrogens with one attached hydrogen (secondary N) is 1. The second kappa shape index (κ2) is 6.51. The van der Waals surface area contributed by atoms with Crippen molar-refractivity contribution in [1.29, 1.82) is 0 Å². The van der Waals surface area contributed by atoms with E-state index in [9.17, 15) is 14.4 Å². The number of rotatable bonds is 3. The molecule has 26 heavy (non-hydrogen) atoms. The van der Waals surface area contributed by atoms with Crippen LogP contribution < -0.4 is 15.0 Å². The highest BCUT2D eigenvalue weighted by molar-refractivity contribution is 6.00. The molecule has 0 aliphatic carbocycles. The van der Waals surface area contributed by atoms with Crippen LogP contribution in [0.15, 0.2) is 42.5 Å². The first-order valence-corrected chi connectivity index (χ1v) is 8.24. The molecule has 0 radical (unpaired) electrons. The van der Waals surface area contributed by atoms with Crippen LogP contribution in [0.25, 0.3) is 0 Å². The van der Waals surface area contributed by atoms with Crippen molar-refractivity contribution in [3.05, 3.63) is 53.6 Å². The molecule has 7 nitrogen and oxygen atoms in total. The molecule has 0 spiro atoms. The molecule has 0 unspecified atom stereocenters. The van der Waals surface area contributed by atoms with Gasteiger partial charge in [-0.2, -0.15) is 0 Å². The van der Waals surface area contributed by atoms with E-state index in [0.717, 1.165) is 17.7 Å². The summed E-state index contributed by atoms with van der Waals surface area (Å²) in [6.45, 7) is 0.155. The highest BCUT2D eigenvalue weighted by Gasteiger charge is 2.25. The Bertz CT molecular complexity index is 909. The molecule has 2 amide bonds. The second-order valence-electron chi connectivity index (χ2n) is 6.05. The van der Waals surface area contributed by atoms with Crippen LogP contribution in [0, 0.1) is 0 Å². The first-order chi connectivity index (χ1) is 12.6. The lowest BCUT2D eigenvalue weighted by Gasteiger charge is -2.19. The van der Waals surface area contributed by atoms with Crippen LogP contribution in [0.3, 0.4) is 0 Å². The summed E-state index contributed by atoms with van der Waals surface area (Å²) in [4.78, 5) is 37.5. The largest absolute Gasteiger partial charge is 0.482 e. The van der Waals surface area contributed by atoms with Gasteiger partial charge in [-0.25, -0.2) is 4.79 Å². The molecular weight excluding hydrogens is 336 g/mol.